The molecule has 1 amide bonds. The second kappa shape index (κ2) is 3.32. The lowest BCUT2D eigenvalue weighted by Gasteiger charge is -2.31. The molecule has 0 atom stereocenters. The molecule has 1 aromatic rings. The molecule has 1 aromatic heterocycles. The molecule has 2 heterocycles. The summed E-state index contributed by atoms with van der Waals surface area (Å²) in [6.07, 6.45) is -3.78. The highest BCUT2D eigenvalue weighted by molar-refractivity contribution is 5.99. The third kappa shape index (κ3) is 1.55. The van der Waals surface area contributed by atoms with Crippen molar-refractivity contribution < 1.29 is 18.0 Å². The molecule has 1 N–H and O–H groups in total. The van der Waals surface area contributed by atoms with Crippen LogP contribution in [0.4, 0.5) is 18.9 Å². The highest BCUT2D eigenvalue weighted by Crippen LogP contribution is 2.35. The van der Waals surface area contributed by atoms with E-state index in [1.807, 2.05) is 0 Å². The molecule has 86 valence electrons. The summed E-state index contributed by atoms with van der Waals surface area (Å²) in [6.45, 7) is 0.174. The Labute approximate surface area is 86.9 Å². The number of alkyl halides is 3. The van der Waals surface area contributed by atoms with E-state index in [0.29, 0.717) is 0 Å². The van der Waals surface area contributed by atoms with Gasteiger partial charge in [0.2, 0.25) is 5.91 Å². The van der Waals surface area contributed by atoms with E-state index >= 15 is 0 Å². The molecule has 0 aliphatic carbocycles. The highest BCUT2D eigenvalue weighted by atomic mass is 19.4. The van der Waals surface area contributed by atoms with Crippen molar-refractivity contribution in [3.05, 3.63) is 22.1 Å². The normalized spacial score (nSPS) is 16.2. The number of rotatable bonds is 1. The van der Waals surface area contributed by atoms with Gasteiger partial charge in [-0.25, -0.2) is 5.10 Å². The third-order valence-electron chi connectivity index (χ3n) is 2.26. The molecule has 1 fully saturated rings. The topological polar surface area (TPSA) is 66.1 Å². The smallest absolute Gasteiger partial charge is 0.310 e. The summed E-state index contributed by atoms with van der Waals surface area (Å²) in [5.41, 5.74) is -3.20. The van der Waals surface area contributed by atoms with Crippen molar-refractivity contribution in [3.63, 3.8) is 0 Å². The SMILES string of the molecule is O=C1CCN1c1cn[nH]c(=O)c1C(F)(F)F. The molecule has 2 rings (SSSR count). The maximum Gasteiger partial charge on any atom is 0.423 e. The minimum absolute atomic E-state index is 0.174. The molecule has 1 aliphatic heterocycles. The van der Waals surface area contributed by atoms with E-state index in [1.54, 1.807) is 5.10 Å². The molecular formula is C8H6F3N3O2. The van der Waals surface area contributed by atoms with Crippen molar-refractivity contribution in [2.24, 2.45) is 0 Å². The monoisotopic (exact) mass is 233 g/mol. The van der Waals surface area contributed by atoms with E-state index in [-0.39, 0.29) is 13.0 Å². The summed E-state index contributed by atoms with van der Waals surface area (Å²) in [6, 6.07) is 0. The van der Waals surface area contributed by atoms with Gasteiger partial charge in [0, 0.05) is 13.0 Å². The van der Waals surface area contributed by atoms with Gasteiger partial charge in [-0.05, 0) is 0 Å². The van der Waals surface area contributed by atoms with E-state index in [1.165, 1.54) is 0 Å². The number of carbonyl (C=O) groups excluding carboxylic acids is 1. The van der Waals surface area contributed by atoms with Crippen LogP contribution in [0.25, 0.3) is 0 Å². The summed E-state index contributed by atoms with van der Waals surface area (Å²) >= 11 is 0. The van der Waals surface area contributed by atoms with Crippen molar-refractivity contribution in [2.45, 2.75) is 12.6 Å². The minimum Gasteiger partial charge on any atom is -0.310 e. The van der Waals surface area contributed by atoms with E-state index in [9.17, 15) is 22.8 Å². The maximum absolute atomic E-state index is 12.6. The number of aromatic nitrogens is 2. The second-order valence-corrected chi connectivity index (χ2v) is 3.25. The molecule has 1 saturated heterocycles. The Hall–Kier alpha value is -1.86. The van der Waals surface area contributed by atoms with Crippen LogP contribution in [0.3, 0.4) is 0 Å². The number of anilines is 1. The van der Waals surface area contributed by atoms with Crippen LogP contribution in [-0.4, -0.2) is 22.6 Å². The standard InChI is InChI=1S/C8H6F3N3O2/c9-8(10,11)6-4(3-12-13-7(6)16)14-2-1-5(14)15/h3H,1-2H2,(H,13,16). The lowest BCUT2D eigenvalue weighted by atomic mass is 10.1. The first-order chi connectivity index (χ1) is 7.41. The number of carbonyl (C=O) groups is 1. The summed E-state index contributed by atoms with van der Waals surface area (Å²) in [7, 11) is 0. The van der Waals surface area contributed by atoms with Gasteiger partial charge in [-0.1, -0.05) is 0 Å². The van der Waals surface area contributed by atoms with Gasteiger partial charge in [-0.2, -0.15) is 18.3 Å². The summed E-state index contributed by atoms with van der Waals surface area (Å²) in [4.78, 5) is 23.0. The van der Waals surface area contributed by atoms with E-state index < -0.39 is 28.9 Å². The maximum atomic E-state index is 12.6. The summed E-state index contributed by atoms with van der Waals surface area (Å²) < 4.78 is 37.7. The highest BCUT2D eigenvalue weighted by Gasteiger charge is 2.41. The third-order valence-corrected chi connectivity index (χ3v) is 2.26. The second-order valence-electron chi connectivity index (χ2n) is 3.25. The Kier molecular flexibility index (Phi) is 2.21. The fourth-order valence-corrected chi connectivity index (χ4v) is 1.44. The number of β-lactam (4-membered cyclic amide) rings is 1. The number of H-pyrrole nitrogens is 1. The largest absolute Gasteiger partial charge is 0.423 e. The van der Waals surface area contributed by atoms with Crippen LogP contribution in [0.15, 0.2) is 11.0 Å². The number of halogens is 3. The molecule has 16 heavy (non-hydrogen) atoms. The van der Waals surface area contributed by atoms with Gasteiger partial charge in [-0.3, -0.25) is 9.59 Å². The molecular weight excluding hydrogens is 227 g/mol. The lowest BCUT2D eigenvalue weighted by Crippen LogP contribution is -2.45. The average molecular weight is 233 g/mol. The van der Waals surface area contributed by atoms with Gasteiger partial charge in [0.15, 0.2) is 0 Å². The Morgan fingerprint density at radius 1 is 1.38 bits per heavy atom. The number of nitrogens with zero attached hydrogens (tertiary/aromatic N) is 2. The van der Waals surface area contributed by atoms with Crippen LogP contribution in [0.5, 0.6) is 0 Å². The molecule has 0 radical (unpaired) electrons. The number of nitrogens with one attached hydrogen (secondary N) is 1. The average Bonchev–Trinajstić information content (AvgIpc) is 2.13. The zero-order valence-corrected chi connectivity index (χ0v) is 7.84. The molecule has 0 bridgehead atoms. The molecule has 8 heteroatoms. The summed E-state index contributed by atoms with van der Waals surface area (Å²) in [5, 5.41) is 4.97. The van der Waals surface area contributed by atoms with Gasteiger partial charge >= 0.3 is 6.18 Å². The van der Waals surface area contributed by atoms with E-state index in [2.05, 4.69) is 5.10 Å². The Balaban J connectivity index is 2.57. The fourth-order valence-electron chi connectivity index (χ4n) is 1.44. The zero-order chi connectivity index (χ0) is 11.9. The number of hydrogen-bond acceptors (Lipinski definition) is 3. The lowest BCUT2D eigenvalue weighted by molar-refractivity contribution is -0.138. The van der Waals surface area contributed by atoms with Crippen LogP contribution in [0, 0.1) is 0 Å². The van der Waals surface area contributed by atoms with Crippen LogP contribution in [0.2, 0.25) is 0 Å². The van der Waals surface area contributed by atoms with Crippen LogP contribution in [0.1, 0.15) is 12.0 Å². The van der Waals surface area contributed by atoms with Gasteiger partial charge < -0.3 is 4.90 Å². The minimum atomic E-state index is -4.80. The quantitative estimate of drug-likeness (QED) is 0.719. The molecule has 0 spiro atoms. The van der Waals surface area contributed by atoms with Crippen LogP contribution >= 0.6 is 0 Å². The first kappa shape index (κ1) is 10.7. The molecule has 5 nitrogen and oxygen atoms in total. The number of aromatic amines is 1. The van der Waals surface area contributed by atoms with Crippen molar-refractivity contribution in [1.82, 2.24) is 10.2 Å². The van der Waals surface area contributed by atoms with Gasteiger partial charge in [0.1, 0.15) is 5.56 Å². The van der Waals surface area contributed by atoms with Crippen molar-refractivity contribution in [1.29, 1.82) is 0 Å². The molecule has 0 aromatic carbocycles. The first-order valence-electron chi connectivity index (χ1n) is 4.36. The predicted octanol–water partition coefficient (Wildman–Crippen LogP) is 0.525. The predicted molar refractivity (Wildman–Crippen MR) is 46.8 cm³/mol. The molecule has 1 aliphatic rings. The van der Waals surface area contributed by atoms with Crippen molar-refractivity contribution >= 4 is 11.6 Å². The van der Waals surface area contributed by atoms with Crippen LogP contribution < -0.4 is 10.5 Å². The number of amides is 1. The number of hydrogen-bond donors (Lipinski definition) is 1. The van der Waals surface area contributed by atoms with Gasteiger partial charge in [0.25, 0.3) is 5.56 Å². The van der Waals surface area contributed by atoms with Gasteiger partial charge in [0.05, 0.1) is 11.9 Å². The molecule has 0 saturated carbocycles. The Morgan fingerprint density at radius 3 is 2.50 bits per heavy atom. The van der Waals surface area contributed by atoms with Gasteiger partial charge in [-0.15, -0.1) is 0 Å². The van der Waals surface area contributed by atoms with Crippen LogP contribution in [-0.2, 0) is 11.0 Å². The van der Waals surface area contributed by atoms with Crippen molar-refractivity contribution in [3.8, 4) is 0 Å². The van der Waals surface area contributed by atoms with E-state index in [0.717, 1.165) is 11.1 Å². The Morgan fingerprint density at radius 2 is 2.06 bits per heavy atom. The summed E-state index contributed by atoms with van der Waals surface area (Å²) in [5.74, 6) is -0.446. The van der Waals surface area contributed by atoms with E-state index in [4.69, 9.17) is 0 Å². The molecule has 0 unspecified atom stereocenters. The first-order valence-corrected chi connectivity index (χ1v) is 4.36. The fraction of sp³-hybridized carbons (Fsp3) is 0.375. The Bertz CT molecular complexity index is 494. The zero-order valence-electron chi connectivity index (χ0n) is 7.84. The van der Waals surface area contributed by atoms with Crippen molar-refractivity contribution in [2.75, 3.05) is 11.4 Å².